The summed E-state index contributed by atoms with van der Waals surface area (Å²) in [6, 6.07) is 0. The summed E-state index contributed by atoms with van der Waals surface area (Å²) in [4.78, 5) is 11.3. The van der Waals surface area contributed by atoms with Gasteiger partial charge in [-0.25, -0.2) is 9.97 Å². The Morgan fingerprint density at radius 2 is 2.00 bits per heavy atom. The minimum absolute atomic E-state index is 0.137. The average molecular weight is 248 g/mol. The number of piperazine rings is 1. The molecule has 0 aromatic carbocycles. The first kappa shape index (κ1) is 13.3. The molecule has 4 nitrogen and oxygen atoms in total. The zero-order valence-corrected chi connectivity index (χ0v) is 11.9. The third-order valence-electron chi connectivity index (χ3n) is 3.19. The molecule has 0 unspecified atom stereocenters. The first-order valence-corrected chi connectivity index (χ1v) is 6.77. The van der Waals surface area contributed by atoms with E-state index in [1.165, 1.54) is 5.56 Å². The second kappa shape index (κ2) is 5.22. The molecule has 1 N–H and O–H groups in total. The Morgan fingerprint density at radius 1 is 1.33 bits per heavy atom. The molecule has 1 aliphatic heterocycles. The number of hydrogen-bond acceptors (Lipinski definition) is 4. The van der Waals surface area contributed by atoms with E-state index >= 15 is 0 Å². The fourth-order valence-corrected chi connectivity index (χ4v) is 2.40. The summed E-state index contributed by atoms with van der Waals surface area (Å²) in [5.74, 6) is 1.51. The van der Waals surface area contributed by atoms with Crippen molar-refractivity contribution in [3.63, 3.8) is 0 Å². The van der Waals surface area contributed by atoms with E-state index in [0.29, 0.717) is 5.92 Å². The molecule has 2 heterocycles. The second-order valence-electron chi connectivity index (χ2n) is 6.22. The van der Waals surface area contributed by atoms with Crippen LogP contribution in [0.4, 0.5) is 5.95 Å². The lowest BCUT2D eigenvalue weighted by atomic mass is 10.0. The summed E-state index contributed by atoms with van der Waals surface area (Å²) >= 11 is 0. The molecule has 1 saturated heterocycles. The Morgan fingerprint density at radius 3 is 2.56 bits per heavy atom. The van der Waals surface area contributed by atoms with E-state index in [-0.39, 0.29) is 5.54 Å². The maximum absolute atomic E-state index is 4.51. The van der Waals surface area contributed by atoms with Gasteiger partial charge in [0, 0.05) is 37.6 Å². The SMILES string of the molecule is CC(C)Cc1cnc(N2CCNC(C)(C)C2)nc1. The summed E-state index contributed by atoms with van der Waals surface area (Å²) in [5, 5.41) is 3.50. The first-order valence-electron chi connectivity index (χ1n) is 6.77. The summed E-state index contributed by atoms with van der Waals surface area (Å²) in [6.45, 7) is 11.8. The van der Waals surface area contributed by atoms with E-state index in [1.807, 2.05) is 12.4 Å². The molecule has 0 spiro atoms. The number of anilines is 1. The highest BCUT2D eigenvalue weighted by Crippen LogP contribution is 2.16. The van der Waals surface area contributed by atoms with Crippen LogP contribution in [0.5, 0.6) is 0 Å². The predicted octanol–water partition coefficient (Wildman–Crippen LogP) is 1.86. The molecule has 0 bridgehead atoms. The minimum atomic E-state index is 0.137. The smallest absolute Gasteiger partial charge is 0.225 e. The van der Waals surface area contributed by atoms with Crippen LogP contribution < -0.4 is 10.2 Å². The zero-order chi connectivity index (χ0) is 13.2. The largest absolute Gasteiger partial charge is 0.338 e. The van der Waals surface area contributed by atoms with E-state index in [4.69, 9.17) is 0 Å². The molecule has 0 saturated carbocycles. The number of nitrogens with one attached hydrogen (secondary N) is 1. The molecule has 0 aliphatic carbocycles. The van der Waals surface area contributed by atoms with Crippen LogP contribution in [0.2, 0.25) is 0 Å². The van der Waals surface area contributed by atoms with Crippen LogP contribution in [0.1, 0.15) is 33.3 Å². The Bertz CT molecular complexity index is 383. The summed E-state index contributed by atoms with van der Waals surface area (Å²) in [7, 11) is 0. The molecule has 1 aromatic heterocycles. The molecule has 1 aromatic rings. The van der Waals surface area contributed by atoms with Crippen molar-refractivity contribution in [3.8, 4) is 0 Å². The van der Waals surface area contributed by atoms with Gasteiger partial charge in [-0.05, 0) is 31.7 Å². The standard InChI is InChI=1S/C14H24N4/c1-11(2)7-12-8-15-13(16-9-12)18-6-5-17-14(3,4)10-18/h8-9,11,17H,5-7,10H2,1-4H3. The van der Waals surface area contributed by atoms with Crippen LogP contribution in [0.15, 0.2) is 12.4 Å². The van der Waals surface area contributed by atoms with Gasteiger partial charge in [0.15, 0.2) is 0 Å². The zero-order valence-electron chi connectivity index (χ0n) is 11.9. The molecular formula is C14H24N4. The van der Waals surface area contributed by atoms with Gasteiger partial charge in [0.2, 0.25) is 5.95 Å². The van der Waals surface area contributed by atoms with Gasteiger partial charge in [-0.15, -0.1) is 0 Å². The highest BCUT2D eigenvalue weighted by atomic mass is 15.3. The van der Waals surface area contributed by atoms with E-state index in [2.05, 4.69) is 47.9 Å². The van der Waals surface area contributed by atoms with Crippen molar-refractivity contribution in [2.45, 2.75) is 39.7 Å². The number of rotatable bonds is 3. The molecule has 100 valence electrons. The van der Waals surface area contributed by atoms with Crippen LogP contribution in [0, 0.1) is 5.92 Å². The summed E-state index contributed by atoms with van der Waals surface area (Å²) < 4.78 is 0. The first-order chi connectivity index (χ1) is 8.46. The van der Waals surface area contributed by atoms with Crippen LogP contribution in [-0.4, -0.2) is 35.1 Å². The summed E-state index contributed by atoms with van der Waals surface area (Å²) in [5.41, 5.74) is 1.36. The maximum Gasteiger partial charge on any atom is 0.225 e. The lowest BCUT2D eigenvalue weighted by Gasteiger charge is -2.39. The highest BCUT2D eigenvalue weighted by Gasteiger charge is 2.26. The second-order valence-corrected chi connectivity index (χ2v) is 6.22. The molecule has 2 rings (SSSR count). The molecule has 1 aliphatic rings. The molecule has 4 heteroatoms. The van der Waals surface area contributed by atoms with E-state index in [9.17, 15) is 0 Å². The third kappa shape index (κ3) is 3.42. The quantitative estimate of drug-likeness (QED) is 0.886. The third-order valence-corrected chi connectivity index (χ3v) is 3.19. The van der Waals surface area contributed by atoms with Gasteiger partial charge in [0.25, 0.3) is 0 Å². The van der Waals surface area contributed by atoms with Crippen molar-refractivity contribution in [1.82, 2.24) is 15.3 Å². The molecule has 1 fully saturated rings. The van der Waals surface area contributed by atoms with Crippen molar-refractivity contribution >= 4 is 5.95 Å². The van der Waals surface area contributed by atoms with Gasteiger partial charge in [-0.3, -0.25) is 0 Å². The Kier molecular flexibility index (Phi) is 3.85. The minimum Gasteiger partial charge on any atom is -0.338 e. The molecule has 0 amide bonds. The topological polar surface area (TPSA) is 41.1 Å². The number of hydrogen-bond donors (Lipinski definition) is 1. The molecule has 0 atom stereocenters. The fourth-order valence-electron chi connectivity index (χ4n) is 2.40. The maximum atomic E-state index is 4.51. The number of nitrogens with zero attached hydrogens (tertiary/aromatic N) is 3. The van der Waals surface area contributed by atoms with Crippen LogP contribution in [-0.2, 0) is 6.42 Å². The lowest BCUT2D eigenvalue weighted by molar-refractivity contribution is 0.350. The summed E-state index contributed by atoms with van der Waals surface area (Å²) in [6.07, 6.45) is 4.99. The van der Waals surface area contributed by atoms with Crippen LogP contribution >= 0.6 is 0 Å². The van der Waals surface area contributed by atoms with E-state index in [0.717, 1.165) is 32.0 Å². The average Bonchev–Trinajstić information content (AvgIpc) is 2.28. The lowest BCUT2D eigenvalue weighted by Crippen LogP contribution is -2.57. The predicted molar refractivity (Wildman–Crippen MR) is 74.9 cm³/mol. The molecule has 0 radical (unpaired) electrons. The van der Waals surface area contributed by atoms with Gasteiger partial charge in [0.1, 0.15) is 0 Å². The van der Waals surface area contributed by atoms with Gasteiger partial charge < -0.3 is 10.2 Å². The van der Waals surface area contributed by atoms with Crippen molar-refractivity contribution in [2.75, 3.05) is 24.5 Å². The van der Waals surface area contributed by atoms with Crippen LogP contribution in [0.3, 0.4) is 0 Å². The van der Waals surface area contributed by atoms with Crippen molar-refractivity contribution in [1.29, 1.82) is 0 Å². The van der Waals surface area contributed by atoms with E-state index < -0.39 is 0 Å². The molecular weight excluding hydrogens is 224 g/mol. The highest BCUT2D eigenvalue weighted by molar-refractivity contribution is 5.32. The normalized spacial score (nSPS) is 19.3. The van der Waals surface area contributed by atoms with Gasteiger partial charge in [-0.2, -0.15) is 0 Å². The van der Waals surface area contributed by atoms with Crippen molar-refractivity contribution < 1.29 is 0 Å². The van der Waals surface area contributed by atoms with Crippen molar-refractivity contribution in [2.24, 2.45) is 5.92 Å². The Hall–Kier alpha value is -1.16. The number of aromatic nitrogens is 2. The molecule has 18 heavy (non-hydrogen) atoms. The van der Waals surface area contributed by atoms with E-state index in [1.54, 1.807) is 0 Å². The van der Waals surface area contributed by atoms with Gasteiger partial charge in [0.05, 0.1) is 0 Å². The Labute approximate surface area is 110 Å². The van der Waals surface area contributed by atoms with Gasteiger partial charge >= 0.3 is 0 Å². The van der Waals surface area contributed by atoms with Crippen LogP contribution in [0.25, 0.3) is 0 Å². The monoisotopic (exact) mass is 248 g/mol. The van der Waals surface area contributed by atoms with Crippen molar-refractivity contribution in [3.05, 3.63) is 18.0 Å². The Balaban J connectivity index is 2.05. The fraction of sp³-hybridized carbons (Fsp3) is 0.714. The van der Waals surface area contributed by atoms with Gasteiger partial charge in [-0.1, -0.05) is 13.8 Å².